The lowest BCUT2D eigenvalue weighted by Crippen LogP contribution is -2.12. The highest BCUT2D eigenvalue weighted by Gasteiger charge is 2.12. The second-order valence-corrected chi connectivity index (χ2v) is 6.20. The van der Waals surface area contributed by atoms with Crippen LogP contribution < -0.4 is 10.1 Å². The van der Waals surface area contributed by atoms with Gasteiger partial charge < -0.3 is 15.2 Å². The number of hydrogen-bond acceptors (Lipinski definition) is 3. The molecule has 0 aliphatic carbocycles. The predicted octanol–water partition coefficient (Wildman–Crippen LogP) is 4.91. The molecule has 21 heavy (non-hydrogen) atoms. The van der Waals surface area contributed by atoms with E-state index in [-0.39, 0.29) is 0 Å². The first-order valence-electron chi connectivity index (χ1n) is 6.21. The lowest BCUT2D eigenvalue weighted by molar-refractivity contribution is 0.191. The van der Waals surface area contributed by atoms with Crippen LogP contribution >= 0.6 is 39.1 Å². The predicted molar refractivity (Wildman–Crippen MR) is 90.6 cm³/mol. The first-order valence-corrected chi connectivity index (χ1v) is 7.76. The van der Waals surface area contributed by atoms with Crippen molar-refractivity contribution in [2.45, 2.75) is 6.10 Å². The molecule has 0 saturated carbocycles. The summed E-state index contributed by atoms with van der Waals surface area (Å²) in [5.41, 5.74) is 1.43. The Balaban J connectivity index is 2.08. The Morgan fingerprint density at radius 2 is 2.00 bits per heavy atom. The zero-order valence-electron chi connectivity index (χ0n) is 11.2. The number of nitrogens with one attached hydrogen (secondary N) is 1. The molecule has 0 spiro atoms. The van der Waals surface area contributed by atoms with Crippen LogP contribution in [0.1, 0.15) is 11.7 Å². The van der Waals surface area contributed by atoms with Crippen molar-refractivity contribution >= 4 is 44.8 Å². The highest BCUT2D eigenvalue weighted by Crippen LogP contribution is 2.28. The Morgan fingerprint density at radius 1 is 1.24 bits per heavy atom. The zero-order valence-corrected chi connectivity index (χ0v) is 14.3. The van der Waals surface area contributed by atoms with E-state index in [1.807, 2.05) is 18.2 Å². The maximum absolute atomic E-state index is 10.2. The number of hydrogen-bond donors (Lipinski definition) is 2. The van der Waals surface area contributed by atoms with E-state index >= 15 is 0 Å². The molecule has 0 radical (unpaired) electrons. The quantitative estimate of drug-likeness (QED) is 0.761. The van der Waals surface area contributed by atoms with Crippen LogP contribution in [-0.4, -0.2) is 18.8 Å². The third-order valence-electron chi connectivity index (χ3n) is 2.92. The molecule has 0 saturated heterocycles. The van der Waals surface area contributed by atoms with Gasteiger partial charge in [-0.1, -0.05) is 39.1 Å². The van der Waals surface area contributed by atoms with Crippen LogP contribution in [0.3, 0.4) is 0 Å². The SMILES string of the molecule is COc1cc(Br)cc(NCC(O)c2cc(Cl)ccc2Cl)c1. The molecule has 2 N–H and O–H groups in total. The number of anilines is 1. The highest BCUT2D eigenvalue weighted by molar-refractivity contribution is 9.10. The summed E-state index contributed by atoms with van der Waals surface area (Å²) < 4.78 is 6.08. The summed E-state index contributed by atoms with van der Waals surface area (Å²) in [6.07, 6.45) is -0.763. The van der Waals surface area contributed by atoms with Crippen molar-refractivity contribution in [3.05, 3.63) is 56.5 Å². The molecule has 1 atom stereocenters. The summed E-state index contributed by atoms with van der Waals surface area (Å²) in [6.45, 7) is 0.305. The van der Waals surface area contributed by atoms with Gasteiger partial charge in [0.15, 0.2) is 0 Å². The smallest absolute Gasteiger partial charge is 0.122 e. The van der Waals surface area contributed by atoms with E-state index in [0.29, 0.717) is 22.2 Å². The number of benzene rings is 2. The summed E-state index contributed by atoms with van der Waals surface area (Å²) >= 11 is 15.4. The van der Waals surface area contributed by atoms with E-state index in [0.717, 1.165) is 15.9 Å². The first-order chi connectivity index (χ1) is 9.99. The second-order valence-electron chi connectivity index (χ2n) is 4.44. The van der Waals surface area contributed by atoms with Gasteiger partial charge in [-0.3, -0.25) is 0 Å². The second kappa shape index (κ2) is 7.36. The molecule has 2 aromatic carbocycles. The monoisotopic (exact) mass is 389 g/mol. The van der Waals surface area contributed by atoms with Crippen molar-refractivity contribution in [2.24, 2.45) is 0 Å². The molecule has 0 amide bonds. The lowest BCUT2D eigenvalue weighted by Gasteiger charge is -2.15. The third kappa shape index (κ3) is 4.51. The molecule has 0 aromatic heterocycles. The van der Waals surface area contributed by atoms with Crippen LogP contribution in [0, 0.1) is 0 Å². The Morgan fingerprint density at radius 3 is 2.71 bits per heavy atom. The number of rotatable bonds is 5. The van der Waals surface area contributed by atoms with E-state index in [2.05, 4.69) is 21.2 Å². The van der Waals surface area contributed by atoms with Crippen molar-refractivity contribution in [1.82, 2.24) is 0 Å². The van der Waals surface area contributed by atoms with Crippen molar-refractivity contribution in [2.75, 3.05) is 19.0 Å². The van der Waals surface area contributed by atoms with Gasteiger partial charge in [-0.2, -0.15) is 0 Å². The molecule has 112 valence electrons. The van der Waals surface area contributed by atoms with Crippen molar-refractivity contribution in [3.63, 3.8) is 0 Å². The molecule has 0 fully saturated rings. The lowest BCUT2D eigenvalue weighted by atomic mass is 10.1. The minimum Gasteiger partial charge on any atom is -0.497 e. The topological polar surface area (TPSA) is 41.5 Å². The van der Waals surface area contributed by atoms with Crippen LogP contribution in [0.25, 0.3) is 0 Å². The van der Waals surface area contributed by atoms with Crippen molar-refractivity contribution in [3.8, 4) is 5.75 Å². The average molecular weight is 391 g/mol. The van der Waals surface area contributed by atoms with E-state index in [1.54, 1.807) is 25.3 Å². The summed E-state index contributed by atoms with van der Waals surface area (Å²) in [6, 6.07) is 10.6. The van der Waals surface area contributed by atoms with Gasteiger partial charge in [0.05, 0.1) is 13.2 Å². The number of halogens is 3. The van der Waals surface area contributed by atoms with Gasteiger partial charge in [0.1, 0.15) is 5.75 Å². The number of aliphatic hydroxyl groups excluding tert-OH is 1. The Kier molecular flexibility index (Phi) is 5.76. The van der Waals surface area contributed by atoms with Gasteiger partial charge >= 0.3 is 0 Å². The standard InChI is InChI=1S/C15H14BrCl2NO2/c1-21-12-5-9(16)4-11(7-12)19-8-15(20)13-6-10(17)2-3-14(13)18/h2-7,15,19-20H,8H2,1H3. The third-order valence-corrected chi connectivity index (χ3v) is 3.96. The molecule has 3 nitrogen and oxygen atoms in total. The van der Waals surface area contributed by atoms with E-state index in [4.69, 9.17) is 27.9 Å². The number of ether oxygens (including phenoxy) is 1. The highest BCUT2D eigenvalue weighted by atomic mass is 79.9. The Bertz CT molecular complexity index is 637. The molecule has 6 heteroatoms. The maximum Gasteiger partial charge on any atom is 0.122 e. The fourth-order valence-corrected chi connectivity index (χ4v) is 2.77. The molecule has 2 aromatic rings. The summed E-state index contributed by atoms with van der Waals surface area (Å²) in [4.78, 5) is 0. The molecule has 2 rings (SSSR count). The normalized spacial score (nSPS) is 12.0. The van der Waals surface area contributed by atoms with Gasteiger partial charge in [0.25, 0.3) is 0 Å². The van der Waals surface area contributed by atoms with Crippen LogP contribution in [0.5, 0.6) is 5.75 Å². The van der Waals surface area contributed by atoms with E-state index < -0.39 is 6.10 Å². The summed E-state index contributed by atoms with van der Waals surface area (Å²) in [5, 5.41) is 14.4. The first kappa shape index (κ1) is 16.4. The molecule has 1 unspecified atom stereocenters. The Hall–Kier alpha value is -0.940. The summed E-state index contributed by atoms with van der Waals surface area (Å²) in [7, 11) is 1.60. The van der Waals surface area contributed by atoms with Gasteiger partial charge in [0, 0.05) is 38.4 Å². The fourth-order valence-electron chi connectivity index (χ4n) is 1.88. The van der Waals surface area contributed by atoms with E-state index in [9.17, 15) is 5.11 Å². The maximum atomic E-state index is 10.2. The molecule has 0 heterocycles. The van der Waals surface area contributed by atoms with Gasteiger partial charge in [0.2, 0.25) is 0 Å². The van der Waals surface area contributed by atoms with Crippen LogP contribution in [0.4, 0.5) is 5.69 Å². The summed E-state index contributed by atoms with van der Waals surface area (Å²) in [5.74, 6) is 0.724. The van der Waals surface area contributed by atoms with Crippen molar-refractivity contribution < 1.29 is 9.84 Å². The molecular weight excluding hydrogens is 377 g/mol. The Labute approximate surface area is 142 Å². The molecule has 0 aliphatic heterocycles. The zero-order chi connectivity index (χ0) is 15.4. The largest absolute Gasteiger partial charge is 0.497 e. The number of aliphatic hydroxyl groups is 1. The van der Waals surface area contributed by atoms with Gasteiger partial charge in [-0.15, -0.1) is 0 Å². The minimum atomic E-state index is -0.763. The molecule has 0 bridgehead atoms. The number of methoxy groups -OCH3 is 1. The fraction of sp³-hybridized carbons (Fsp3) is 0.200. The van der Waals surface area contributed by atoms with Crippen molar-refractivity contribution in [1.29, 1.82) is 0 Å². The van der Waals surface area contributed by atoms with Gasteiger partial charge in [-0.25, -0.2) is 0 Å². The van der Waals surface area contributed by atoms with Crippen LogP contribution in [0.15, 0.2) is 40.9 Å². The van der Waals surface area contributed by atoms with Crippen LogP contribution in [-0.2, 0) is 0 Å². The average Bonchev–Trinajstić information content (AvgIpc) is 2.46. The van der Waals surface area contributed by atoms with Gasteiger partial charge in [-0.05, 0) is 30.3 Å². The van der Waals surface area contributed by atoms with Crippen LogP contribution in [0.2, 0.25) is 10.0 Å². The minimum absolute atomic E-state index is 0.305. The molecule has 0 aliphatic rings. The molecular formula is C15H14BrCl2NO2. The van der Waals surface area contributed by atoms with E-state index in [1.165, 1.54) is 0 Å².